The summed E-state index contributed by atoms with van der Waals surface area (Å²) < 4.78 is 26.9. The Morgan fingerprint density at radius 2 is 1.83 bits per heavy atom. The molecule has 0 spiro atoms. The second-order valence-corrected chi connectivity index (χ2v) is 8.51. The highest BCUT2D eigenvalue weighted by atomic mass is 32.2. The summed E-state index contributed by atoms with van der Waals surface area (Å²) in [5, 5.41) is 0. The van der Waals surface area contributed by atoms with Crippen molar-refractivity contribution in [2.45, 2.75) is 58.9 Å². The largest absolute Gasteiger partial charge is 0.329 e. The lowest BCUT2D eigenvalue weighted by Gasteiger charge is -2.24. The summed E-state index contributed by atoms with van der Waals surface area (Å²) in [5.74, 6) is 0.624. The van der Waals surface area contributed by atoms with Gasteiger partial charge in [0.2, 0.25) is 10.0 Å². The Labute approximate surface area is 112 Å². The van der Waals surface area contributed by atoms with Crippen LogP contribution in [-0.4, -0.2) is 26.8 Å². The smallest absolute Gasteiger partial charge is 0.211 e. The van der Waals surface area contributed by atoms with Gasteiger partial charge in [0, 0.05) is 12.6 Å². The Morgan fingerprint density at radius 1 is 1.28 bits per heavy atom. The standard InChI is InChI=1S/C13H28N2O2S/c1-13(2,3)8-9-18(16,17)15-12(10-14)11-6-4-5-7-11/h11-12,15H,4-10,14H2,1-3H3. The zero-order valence-electron chi connectivity index (χ0n) is 11.9. The molecule has 1 aliphatic rings. The van der Waals surface area contributed by atoms with Crippen LogP contribution in [0.5, 0.6) is 0 Å². The molecule has 0 heterocycles. The van der Waals surface area contributed by atoms with Crippen LogP contribution in [0.15, 0.2) is 0 Å². The Kier molecular flexibility index (Phi) is 5.62. The van der Waals surface area contributed by atoms with Crippen LogP contribution in [0.4, 0.5) is 0 Å². The van der Waals surface area contributed by atoms with Crippen molar-refractivity contribution in [1.29, 1.82) is 0 Å². The van der Waals surface area contributed by atoms with Crippen LogP contribution in [0.25, 0.3) is 0 Å². The minimum Gasteiger partial charge on any atom is -0.329 e. The number of rotatable bonds is 6. The van der Waals surface area contributed by atoms with Crippen molar-refractivity contribution in [2.75, 3.05) is 12.3 Å². The van der Waals surface area contributed by atoms with Gasteiger partial charge in [0.25, 0.3) is 0 Å². The van der Waals surface area contributed by atoms with E-state index in [2.05, 4.69) is 25.5 Å². The molecule has 0 radical (unpaired) electrons. The number of nitrogens with one attached hydrogen (secondary N) is 1. The third-order valence-corrected chi connectivity index (χ3v) is 5.08. The first-order valence-corrected chi connectivity index (χ1v) is 8.59. The predicted octanol–water partition coefficient (Wildman–Crippen LogP) is 1.86. The van der Waals surface area contributed by atoms with Gasteiger partial charge in [-0.2, -0.15) is 0 Å². The lowest BCUT2D eigenvalue weighted by atomic mass is 9.94. The summed E-state index contributed by atoms with van der Waals surface area (Å²) in [6.45, 7) is 6.57. The van der Waals surface area contributed by atoms with E-state index in [0.29, 0.717) is 18.9 Å². The summed E-state index contributed by atoms with van der Waals surface area (Å²) in [6, 6.07) is -0.0718. The van der Waals surface area contributed by atoms with Gasteiger partial charge in [-0.25, -0.2) is 13.1 Å². The number of sulfonamides is 1. The molecular formula is C13H28N2O2S. The normalized spacial score (nSPS) is 20.2. The minimum absolute atomic E-state index is 0.0420. The van der Waals surface area contributed by atoms with Crippen molar-refractivity contribution in [3.05, 3.63) is 0 Å². The van der Waals surface area contributed by atoms with Crippen LogP contribution in [0.2, 0.25) is 0 Å². The Balaban J connectivity index is 2.51. The topological polar surface area (TPSA) is 72.2 Å². The lowest BCUT2D eigenvalue weighted by molar-refractivity contribution is 0.386. The number of hydrogen-bond acceptors (Lipinski definition) is 3. The van der Waals surface area contributed by atoms with Crippen LogP contribution in [-0.2, 0) is 10.0 Å². The maximum atomic E-state index is 12.0. The molecule has 1 atom stereocenters. The van der Waals surface area contributed by atoms with Crippen LogP contribution >= 0.6 is 0 Å². The first-order valence-electron chi connectivity index (χ1n) is 6.93. The summed E-state index contributed by atoms with van der Waals surface area (Å²) >= 11 is 0. The third-order valence-electron chi connectivity index (χ3n) is 3.67. The Hall–Kier alpha value is -0.130. The van der Waals surface area contributed by atoms with Crippen LogP contribution in [0.1, 0.15) is 52.9 Å². The minimum atomic E-state index is -3.19. The molecule has 0 amide bonds. The molecule has 3 N–H and O–H groups in total. The van der Waals surface area contributed by atoms with E-state index in [9.17, 15) is 8.42 Å². The van der Waals surface area contributed by atoms with Gasteiger partial charge in [0.15, 0.2) is 0 Å². The fourth-order valence-corrected chi connectivity index (χ4v) is 4.18. The fourth-order valence-electron chi connectivity index (χ4n) is 2.43. The quantitative estimate of drug-likeness (QED) is 0.778. The molecule has 1 unspecified atom stereocenters. The second-order valence-electron chi connectivity index (χ2n) is 6.63. The monoisotopic (exact) mass is 276 g/mol. The van der Waals surface area contributed by atoms with Crippen molar-refractivity contribution in [3.63, 3.8) is 0 Å². The van der Waals surface area contributed by atoms with E-state index >= 15 is 0 Å². The average molecular weight is 276 g/mol. The van der Waals surface area contributed by atoms with Crippen LogP contribution < -0.4 is 10.5 Å². The molecule has 1 fully saturated rings. The van der Waals surface area contributed by atoms with Gasteiger partial charge in [0.05, 0.1) is 5.75 Å². The highest BCUT2D eigenvalue weighted by Gasteiger charge is 2.28. The van der Waals surface area contributed by atoms with Gasteiger partial charge in [-0.15, -0.1) is 0 Å². The van der Waals surface area contributed by atoms with Gasteiger partial charge < -0.3 is 5.73 Å². The Morgan fingerprint density at radius 3 is 2.28 bits per heavy atom. The van der Waals surface area contributed by atoms with E-state index < -0.39 is 10.0 Å². The van der Waals surface area contributed by atoms with Crippen LogP contribution in [0, 0.1) is 11.3 Å². The van der Waals surface area contributed by atoms with E-state index in [4.69, 9.17) is 5.73 Å². The summed E-state index contributed by atoms with van der Waals surface area (Å²) in [6.07, 6.45) is 5.27. The SMILES string of the molecule is CC(C)(C)CCS(=O)(=O)NC(CN)C1CCCC1. The van der Waals surface area contributed by atoms with Gasteiger partial charge >= 0.3 is 0 Å². The van der Waals surface area contributed by atoms with Gasteiger partial charge in [-0.1, -0.05) is 33.6 Å². The van der Waals surface area contributed by atoms with Crippen molar-refractivity contribution < 1.29 is 8.42 Å². The zero-order valence-corrected chi connectivity index (χ0v) is 12.7. The molecule has 1 aliphatic carbocycles. The average Bonchev–Trinajstić information content (AvgIpc) is 2.76. The lowest BCUT2D eigenvalue weighted by Crippen LogP contribution is -2.45. The molecule has 18 heavy (non-hydrogen) atoms. The maximum Gasteiger partial charge on any atom is 0.211 e. The summed E-state index contributed by atoms with van der Waals surface area (Å²) in [5.41, 5.74) is 5.76. The molecule has 4 nitrogen and oxygen atoms in total. The Bertz CT molecular complexity index is 340. The van der Waals surface area contributed by atoms with E-state index in [0.717, 1.165) is 12.8 Å². The van der Waals surface area contributed by atoms with Crippen molar-refractivity contribution >= 4 is 10.0 Å². The van der Waals surface area contributed by atoms with Crippen molar-refractivity contribution in [2.24, 2.45) is 17.1 Å². The van der Waals surface area contributed by atoms with Crippen molar-refractivity contribution in [1.82, 2.24) is 4.72 Å². The molecule has 1 rings (SSSR count). The molecule has 5 heteroatoms. The molecule has 0 bridgehead atoms. The zero-order chi connectivity index (χ0) is 13.8. The van der Waals surface area contributed by atoms with Gasteiger partial charge in [0.1, 0.15) is 0 Å². The van der Waals surface area contributed by atoms with Gasteiger partial charge in [-0.3, -0.25) is 0 Å². The van der Waals surface area contributed by atoms with Crippen molar-refractivity contribution in [3.8, 4) is 0 Å². The third kappa shape index (κ3) is 5.67. The summed E-state index contributed by atoms with van der Waals surface area (Å²) in [7, 11) is -3.19. The number of hydrogen-bond donors (Lipinski definition) is 2. The van der Waals surface area contributed by atoms with Gasteiger partial charge in [-0.05, 0) is 30.6 Å². The van der Waals surface area contributed by atoms with E-state index in [1.165, 1.54) is 12.8 Å². The molecular weight excluding hydrogens is 248 g/mol. The highest BCUT2D eigenvalue weighted by molar-refractivity contribution is 7.89. The van der Waals surface area contributed by atoms with E-state index in [1.54, 1.807) is 0 Å². The summed E-state index contributed by atoms with van der Waals surface area (Å²) in [4.78, 5) is 0. The second kappa shape index (κ2) is 6.35. The first kappa shape index (κ1) is 15.9. The molecule has 0 saturated heterocycles. The molecule has 0 aromatic rings. The highest BCUT2D eigenvalue weighted by Crippen LogP contribution is 2.28. The molecule has 108 valence electrons. The fraction of sp³-hybridized carbons (Fsp3) is 1.00. The molecule has 0 aromatic carbocycles. The van der Waals surface area contributed by atoms with E-state index in [-0.39, 0.29) is 17.2 Å². The predicted molar refractivity (Wildman–Crippen MR) is 75.8 cm³/mol. The van der Waals surface area contributed by atoms with Crippen LogP contribution in [0.3, 0.4) is 0 Å². The number of nitrogens with two attached hydrogens (primary N) is 1. The maximum absolute atomic E-state index is 12.0. The molecule has 0 aliphatic heterocycles. The molecule has 0 aromatic heterocycles. The first-order chi connectivity index (χ1) is 8.23. The molecule has 1 saturated carbocycles. The van der Waals surface area contributed by atoms with E-state index in [1.807, 2.05) is 0 Å².